The maximum Gasteiger partial charge on any atom is 0.412 e. The van der Waals surface area contributed by atoms with Crippen molar-refractivity contribution in [3.8, 4) is 0 Å². The fourth-order valence-corrected chi connectivity index (χ4v) is 4.71. The molecule has 0 spiro atoms. The second-order valence-electron chi connectivity index (χ2n) is 9.45. The molecule has 1 aliphatic carbocycles. The molecular formula is C27H35N5O5. The molecule has 2 aliphatic rings. The van der Waals surface area contributed by atoms with E-state index < -0.39 is 6.09 Å². The number of hydrogen-bond acceptors (Lipinski definition) is 7. The molecule has 198 valence electrons. The van der Waals surface area contributed by atoms with Crippen LogP contribution >= 0.6 is 0 Å². The molecular weight excluding hydrogens is 474 g/mol. The van der Waals surface area contributed by atoms with E-state index in [1.54, 1.807) is 17.0 Å². The third-order valence-corrected chi connectivity index (χ3v) is 6.87. The van der Waals surface area contributed by atoms with Gasteiger partial charge in [-0.2, -0.15) is 0 Å². The van der Waals surface area contributed by atoms with E-state index in [1.807, 2.05) is 36.4 Å². The van der Waals surface area contributed by atoms with Crippen LogP contribution in [0.4, 0.5) is 21.0 Å². The van der Waals surface area contributed by atoms with Gasteiger partial charge in [-0.1, -0.05) is 30.3 Å². The molecule has 4 N–H and O–H groups in total. The first-order chi connectivity index (χ1) is 17.9. The van der Waals surface area contributed by atoms with Crippen molar-refractivity contribution in [2.45, 2.75) is 44.4 Å². The normalized spacial score (nSPS) is 19.6. The molecule has 0 bridgehead atoms. The molecule has 37 heavy (non-hydrogen) atoms. The maximum atomic E-state index is 13.0. The highest BCUT2D eigenvalue weighted by Crippen LogP contribution is 2.29. The standard InChI is InChI=1S/C27H35N5O5/c1-36-27(35)32-15-13-31(14-16-32)24-12-7-20(25(33)29-22-10-8-21(28)9-11-22)17-23(24)30-26(34)37-18-19-5-3-2-4-6-19/h2-7,12,17,21-22H,8-11,13-16,18,28H2,1H3,(H,29,33)(H,30,34). The molecule has 3 amide bonds. The van der Waals surface area contributed by atoms with E-state index in [2.05, 4.69) is 15.5 Å². The lowest BCUT2D eigenvalue weighted by molar-refractivity contribution is 0.0925. The van der Waals surface area contributed by atoms with E-state index in [1.165, 1.54) is 7.11 Å². The van der Waals surface area contributed by atoms with Crippen LogP contribution in [-0.2, 0) is 16.1 Å². The zero-order chi connectivity index (χ0) is 26.2. The number of rotatable bonds is 6. The van der Waals surface area contributed by atoms with E-state index in [0.29, 0.717) is 37.4 Å². The Labute approximate surface area is 217 Å². The number of nitrogens with one attached hydrogen (secondary N) is 2. The van der Waals surface area contributed by atoms with Gasteiger partial charge in [-0.05, 0) is 49.4 Å². The summed E-state index contributed by atoms with van der Waals surface area (Å²) in [4.78, 5) is 41.3. The molecule has 1 saturated carbocycles. The number of anilines is 2. The van der Waals surface area contributed by atoms with Crippen LogP contribution in [0.25, 0.3) is 0 Å². The maximum absolute atomic E-state index is 13.0. The number of methoxy groups -OCH3 is 1. The van der Waals surface area contributed by atoms with Crippen molar-refractivity contribution in [1.82, 2.24) is 10.2 Å². The fraction of sp³-hybridized carbons (Fsp3) is 0.444. The number of amides is 3. The van der Waals surface area contributed by atoms with Crippen molar-refractivity contribution in [2.75, 3.05) is 43.5 Å². The molecule has 4 rings (SSSR count). The Morgan fingerprint density at radius 2 is 1.68 bits per heavy atom. The van der Waals surface area contributed by atoms with Crippen molar-refractivity contribution in [3.05, 3.63) is 59.7 Å². The molecule has 2 fully saturated rings. The molecule has 10 heteroatoms. The average Bonchev–Trinajstić information content (AvgIpc) is 2.93. The summed E-state index contributed by atoms with van der Waals surface area (Å²) < 4.78 is 10.2. The summed E-state index contributed by atoms with van der Waals surface area (Å²) in [6.07, 6.45) is 2.51. The lowest BCUT2D eigenvalue weighted by Gasteiger charge is -2.36. The van der Waals surface area contributed by atoms with Crippen LogP contribution in [-0.4, -0.2) is 68.4 Å². The summed E-state index contributed by atoms with van der Waals surface area (Å²) in [6.45, 7) is 2.20. The third kappa shape index (κ3) is 7.13. The van der Waals surface area contributed by atoms with Crippen LogP contribution in [0.15, 0.2) is 48.5 Å². The second kappa shape index (κ2) is 12.4. The van der Waals surface area contributed by atoms with Crippen molar-refractivity contribution < 1.29 is 23.9 Å². The topological polar surface area (TPSA) is 126 Å². The van der Waals surface area contributed by atoms with Crippen LogP contribution in [0.5, 0.6) is 0 Å². The van der Waals surface area contributed by atoms with Crippen LogP contribution in [0, 0.1) is 0 Å². The summed E-state index contributed by atoms with van der Waals surface area (Å²) in [5.41, 5.74) is 8.54. The number of benzene rings is 2. The minimum atomic E-state index is -0.614. The van der Waals surface area contributed by atoms with E-state index in [4.69, 9.17) is 15.2 Å². The SMILES string of the molecule is COC(=O)N1CCN(c2ccc(C(=O)NC3CCC(N)CC3)cc2NC(=O)OCc2ccccc2)CC1. The Bertz CT molecular complexity index is 1080. The minimum absolute atomic E-state index is 0.0885. The highest BCUT2D eigenvalue weighted by atomic mass is 16.5. The molecule has 0 aromatic heterocycles. The summed E-state index contributed by atoms with van der Waals surface area (Å²) >= 11 is 0. The number of piperazine rings is 1. The molecule has 2 aromatic rings. The predicted octanol–water partition coefficient (Wildman–Crippen LogP) is 3.32. The fourth-order valence-electron chi connectivity index (χ4n) is 4.71. The monoisotopic (exact) mass is 509 g/mol. The van der Waals surface area contributed by atoms with E-state index in [9.17, 15) is 14.4 Å². The van der Waals surface area contributed by atoms with Crippen LogP contribution in [0.3, 0.4) is 0 Å². The first-order valence-electron chi connectivity index (χ1n) is 12.7. The third-order valence-electron chi connectivity index (χ3n) is 6.87. The van der Waals surface area contributed by atoms with Gasteiger partial charge < -0.3 is 30.3 Å². The van der Waals surface area contributed by atoms with Gasteiger partial charge in [0.2, 0.25) is 0 Å². The summed E-state index contributed by atoms with van der Waals surface area (Å²) in [5.74, 6) is -0.191. The largest absolute Gasteiger partial charge is 0.453 e. The van der Waals surface area contributed by atoms with Gasteiger partial charge in [-0.15, -0.1) is 0 Å². The van der Waals surface area contributed by atoms with Gasteiger partial charge >= 0.3 is 12.2 Å². The van der Waals surface area contributed by atoms with Gasteiger partial charge in [0, 0.05) is 43.8 Å². The number of nitrogens with zero attached hydrogens (tertiary/aromatic N) is 2. The van der Waals surface area contributed by atoms with Crippen molar-refractivity contribution >= 4 is 29.5 Å². The van der Waals surface area contributed by atoms with E-state index >= 15 is 0 Å². The van der Waals surface area contributed by atoms with Gasteiger partial charge in [0.15, 0.2) is 0 Å². The summed E-state index contributed by atoms with van der Waals surface area (Å²) in [6, 6.07) is 15.0. The molecule has 0 radical (unpaired) electrons. The Kier molecular flexibility index (Phi) is 8.84. The Hall–Kier alpha value is -3.79. The molecule has 10 nitrogen and oxygen atoms in total. The van der Waals surface area contributed by atoms with Crippen LogP contribution in [0.1, 0.15) is 41.6 Å². The zero-order valence-corrected chi connectivity index (χ0v) is 21.2. The van der Waals surface area contributed by atoms with Gasteiger partial charge in [0.05, 0.1) is 18.5 Å². The van der Waals surface area contributed by atoms with Gasteiger partial charge in [0.1, 0.15) is 6.61 Å². The Balaban J connectivity index is 1.47. The van der Waals surface area contributed by atoms with E-state index in [-0.39, 0.29) is 30.7 Å². The average molecular weight is 510 g/mol. The van der Waals surface area contributed by atoms with Gasteiger partial charge in [0.25, 0.3) is 5.91 Å². The number of carbonyl (C=O) groups excluding carboxylic acids is 3. The Morgan fingerprint density at radius 1 is 0.973 bits per heavy atom. The minimum Gasteiger partial charge on any atom is -0.453 e. The summed E-state index contributed by atoms with van der Waals surface area (Å²) in [7, 11) is 1.36. The van der Waals surface area contributed by atoms with Crippen molar-refractivity contribution in [2.24, 2.45) is 5.73 Å². The quantitative estimate of drug-likeness (QED) is 0.545. The smallest absolute Gasteiger partial charge is 0.412 e. The lowest BCUT2D eigenvalue weighted by Crippen LogP contribution is -2.49. The van der Waals surface area contributed by atoms with E-state index in [0.717, 1.165) is 36.9 Å². The first kappa shape index (κ1) is 26.3. The van der Waals surface area contributed by atoms with Crippen LogP contribution < -0.4 is 21.3 Å². The predicted molar refractivity (Wildman–Crippen MR) is 141 cm³/mol. The van der Waals surface area contributed by atoms with Crippen LogP contribution in [0.2, 0.25) is 0 Å². The zero-order valence-electron chi connectivity index (χ0n) is 21.2. The number of carbonyl (C=O) groups is 3. The number of hydrogen-bond donors (Lipinski definition) is 3. The molecule has 0 atom stereocenters. The number of nitrogens with two attached hydrogens (primary N) is 1. The van der Waals surface area contributed by atoms with Gasteiger partial charge in [-0.25, -0.2) is 9.59 Å². The lowest BCUT2D eigenvalue weighted by atomic mass is 9.91. The second-order valence-corrected chi connectivity index (χ2v) is 9.45. The highest BCUT2D eigenvalue weighted by molar-refractivity contribution is 5.98. The molecule has 2 aromatic carbocycles. The summed E-state index contributed by atoms with van der Waals surface area (Å²) in [5, 5.41) is 5.92. The molecule has 0 unspecified atom stereocenters. The molecule has 1 saturated heterocycles. The molecule has 1 aliphatic heterocycles. The highest BCUT2D eigenvalue weighted by Gasteiger charge is 2.25. The van der Waals surface area contributed by atoms with Gasteiger partial charge in [-0.3, -0.25) is 10.1 Å². The van der Waals surface area contributed by atoms with Crippen molar-refractivity contribution in [3.63, 3.8) is 0 Å². The Morgan fingerprint density at radius 3 is 2.35 bits per heavy atom. The van der Waals surface area contributed by atoms with Crippen molar-refractivity contribution in [1.29, 1.82) is 0 Å². The molecule has 1 heterocycles. The first-order valence-corrected chi connectivity index (χ1v) is 12.7. The number of ether oxygens (including phenoxy) is 2.